The molecule has 0 atom stereocenters. The van der Waals surface area contributed by atoms with E-state index in [9.17, 15) is 9.59 Å². The second-order valence-corrected chi connectivity index (χ2v) is 6.66. The average Bonchev–Trinajstić information content (AvgIpc) is 2.79. The third-order valence-electron chi connectivity index (χ3n) is 4.77. The van der Waals surface area contributed by atoms with Crippen LogP contribution in [0.2, 0.25) is 0 Å². The Hall–Kier alpha value is -3.10. The standard InChI is InChI=1S/C22H26N2O6/c1-27-21(25)18-4-3-5-19(20(18)22(26)28-2)23-16-6-8-17(9-7-16)30-15-12-24-10-13-29-14-11-24/h3-9,23H,10-15H2,1-2H3. The minimum Gasteiger partial charge on any atom is -0.492 e. The van der Waals surface area contributed by atoms with Gasteiger partial charge in [0.05, 0.1) is 44.2 Å². The predicted octanol–water partition coefficient (Wildman–Crippen LogP) is 2.71. The molecule has 8 heteroatoms. The summed E-state index contributed by atoms with van der Waals surface area (Å²) in [5.74, 6) is -0.477. The molecule has 0 spiro atoms. The molecule has 8 nitrogen and oxygen atoms in total. The summed E-state index contributed by atoms with van der Waals surface area (Å²) in [5, 5.41) is 3.16. The number of esters is 2. The largest absolute Gasteiger partial charge is 0.492 e. The SMILES string of the molecule is COC(=O)c1cccc(Nc2ccc(OCCN3CCOCC3)cc2)c1C(=O)OC. The molecule has 1 aliphatic rings. The molecule has 0 saturated carbocycles. The van der Waals surface area contributed by atoms with Crippen molar-refractivity contribution in [1.82, 2.24) is 4.90 Å². The number of hydrogen-bond donors (Lipinski definition) is 1. The number of methoxy groups -OCH3 is 2. The van der Waals surface area contributed by atoms with Crippen LogP contribution in [0.25, 0.3) is 0 Å². The van der Waals surface area contributed by atoms with Crippen molar-refractivity contribution in [2.45, 2.75) is 0 Å². The van der Waals surface area contributed by atoms with Crippen LogP contribution in [0.3, 0.4) is 0 Å². The van der Waals surface area contributed by atoms with Crippen molar-refractivity contribution < 1.29 is 28.5 Å². The lowest BCUT2D eigenvalue weighted by molar-refractivity contribution is 0.0322. The van der Waals surface area contributed by atoms with Gasteiger partial charge < -0.3 is 24.3 Å². The minimum atomic E-state index is -0.624. The maximum atomic E-state index is 12.3. The number of carbonyl (C=O) groups is 2. The molecule has 2 aromatic carbocycles. The van der Waals surface area contributed by atoms with Crippen molar-refractivity contribution in [3.8, 4) is 5.75 Å². The van der Waals surface area contributed by atoms with Crippen LogP contribution < -0.4 is 10.1 Å². The van der Waals surface area contributed by atoms with Crippen molar-refractivity contribution in [2.75, 3.05) is 59.0 Å². The number of morpholine rings is 1. The number of benzene rings is 2. The summed E-state index contributed by atoms with van der Waals surface area (Å²) in [7, 11) is 2.53. The Bertz CT molecular complexity index is 862. The first-order valence-electron chi connectivity index (χ1n) is 9.72. The van der Waals surface area contributed by atoms with Crippen LogP contribution in [0.4, 0.5) is 11.4 Å². The highest BCUT2D eigenvalue weighted by molar-refractivity contribution is 6.07. The number of nitrogens with zero attached hydrogens (tertiary/aromatic N) is 1. The number of rotatable bonds is 8. The smallest absolute Gasteiger partial charge is 0.340 e. The molecule has 2 aromatic rings. The maximum Gasteiger partial charge on any atom is 0.340 e. The van der Waals surface area contributed by atoms with Crippen molar-refractivity contribution in [3.63, 3.8) is 0 Å². The first-order valence-corrected chi connectivity index (χ1v) is 9.72. The van der Waals surface area contributed by atoms with Gasteiger partial charge in [-0.25, -0.2) is 9.59 Å². The van der Waals surface area contributed by atoms with Gasteiger partial charge in [0.1, 0.15) is 12.4 Å². The number of hydrogen-bond acceptors (Lipinski definition) is 8. The quantitative estimate of drug-likeness (QED) is 0.660. The Morgan fingerprint density at radius 3 is 2.37 bits per heavy atom. The van der Waals surface area contributed by atoms with E-state index in [-0.39, 0.29) is 11.1 Å². The van der Waals surface area contributed by atoms with Gasteiger partial charge in [-0.2, -0.15) is 0 Å². The summed E-state index contributed by atoms with van der Waals surface area (Å²) in [5.41, 5.74) is 1.45. The molecule has 1 fully saturated rings. The van der Waals surface area contributed by atoms with Crippen LogP contribution in [-0.2, 0) is 14.2 Å². The van der Waals surface area contributed by atoms with Gasteiger partial charge in [-0.1, -0.05) is 6.07 Å². The fourth-order valence-corrected chi connectivity index (χ4v) is 3.17. The molecule has 0 radical (unpaired) electrons. The first-order chi connectivity index (χ1) is 14.6. The third kappa shape index (κ3) is 5.49. The normalized spacial score (nSPS) is 14.1. The minimum absolute atomic E-state index is 0.123. The fraction of sp³-hybridized carbons (Fsp3) is 0.364. The van der Waals surface area contributed by atoms with Crippen LogP contribution in [-0.4, -0.2) is 70.5 Å². The predicted molar refractivity (Wildman–Crippen MR) is 112 cm³/mol. The molecule has 160 valence electrons. The molecule has 0 amide bonds. The van der Waals surface area contributed by atoms with Crippen molar-refractivity contribution in [1.29, 1.82) is 0 Å². The molecule has 0 bridgehead atoms. The van der Waals surface area contributed by atoms with Crippen molar-refractivity contribution in [3.05, 3.63) is 53.6 Å². The summed E-state index contributed by atoms with van der Waals surface area (Å²) in [4.78, 5) is 26.6. The van der Waals surface area contributed by atoms with Gasteiger partial charge in [-0.15, -0.1) is 0 Å². The van der Waals surface area contributed by atoms with Gasteiger partial charge in [0.25, 0.3) is 0 Å². The van der Waals surface area contributed by atoms with E-state index in [4.69, 9.17) is 18.9 Å². The van der Waals surface area contributed by atoms with Crippen molar-refractivity contribution >= 4 is 23.3 Å². The zero-order valence-electron chi connectivity index (χ0n) is 17.2. The van der Waals surface area contributed by atoms with Gasteiger partial charge >= 0.3 is 11.9 Å². The van der Waals surface area contributed by atoms with E-state index in [2.05, 4.69) is 10.2 Å². The molecule has 0 unspecified atom stereocenters. The third-order valence-corrected chi connectivity index (χ3v) is 4.77. The highest BCUT2D eigenvalue weighted by Gasteiger charge is 2.22. The number of carbonyl (C=O) groups excluding carboxylic acids is 2. The molecule has 1 saturated heterocycles. The van der Waals surface area contributed by atoms with Gasteiger partial charge in [0, 0.05) is 25.3 Å². The Labute approximate surface area is 175 Å². The summed E-state index contributed by atoms with van der Waals surface area (Å²) < 4.78 is 20.8. The lowest BCUT2D eigenvalue weighted by Crippen LogP contribution is -2.38. The monoisotopic (exact) mass is 414 g/mol. The highest BCUT2D eigenvalue weighted by Crippen LogP contribution is 2.26. The van der Waals surface area contributed by atoms with Crippen LogP contribution in [0, 0.1) is 0 Å². The van der Waals surface area contributed by atoms with E-state index < -0.39 is 11.9 Å². The van der Waals surface area contributed by atoms with Crippen LogP contribution in [0.5, 0.6) is 5.75 Å². The Balaban J connectivity index is 1.66. The van der Waals surface area contributed by atoms with E-state index in [1.807, 2.05) is 24.3 Å². The summed E-state index contributed by atoms with van der Waals surface area (Å²) in [6.07, 6.45) is 0. The molecule has 3 rings (SSSR count). The second-order valence-electron chi connectivity index (χ2n) is 6.66. The topological polar surface area (TPSA) is 86.3 Å². The molecular formula is C22H26N2O6. The highest BCUT2D eigenvalue weighted by atomic mass is 16.5. The van der Waals surface area contributed by atoms with E-state index >= 15 is 0 Å². The Morgan fingerprint density at radius 1 is 1.00 bits per heavy atom. The second kappa shape index (κ2) is 10.6. The first kappa shape index (κ1) is 21.6. The molecular weight excluding hydrogens is 388 g/mol. The molecule has 1 heterocycles. The molecule has 30 heavy (non-hydrogen) atoms. The summed E-state index contributed by atoms with van der Waals surface area (Å²) in [6, 6.07) is 12.3. The maximum absolute atomic E-state index is 12.3. The van der Waals surface area contributed by atoms with E-state index in [1.165, 1.54) is 20.3 Å². The van der Waals surface area contributed by atoms with Crippen molar-refractivity contribution in [2.24, 2.45) is 0 Å². The van der Waals surface area contributed by atoms with Gasteiger partial charge in [-0.3, -0.25) is 4.90 Å². The molecule has 1 aliphatic heterocycles. The summed E-state index contributed by atoms with van der Waals surface area (Å²) in [6.45, 7) is 4.85. The zero-order chi connectivity index (χ0) is 21.3. The number of anilines is 2. The molecule has 0 aliphatic carbocycles. The van der Waals surface area contributed by atoms with E-state index in [0.29, 0.717) is 12.3 Å². The number of nitrogens with one attached hydrogen (secondary N) is 1. The van der Waals surface area contributed by atoms with Gasteiger partial charge in [-0.05, 0) is 36.4 Å². The lowest BCUT2D eigenvalue weighted by Gasteiger charge is -2.26. The lowest BCUT2D eigenvalue weighted by atomic mass is 10.0. The Morgan fingerprint density at radius 2 is 1.70 bits per heavy atom. The van der Waals surface area contributed by atoms with Gasteiger partial charge in [0.2, 0.25) is 0 Å². The molecule has 1 N–H and O–H groups in total. The average molecular weight is 414 g/mol. The van der Waals surface area contributed by atoms with Crippen LogP contribution in [0.1, 0.15) is 20.7 Å². The summed E-state index contributed by atoms with van der Waals surface area (Å²) >= 11 is 0. The Kier molecular flexibility index (Phi) is 7.64. The number of ether oxygens (including phenoxy) is 4. The van der Waals surface area contributed by atoms with E-state index in [1.54, 1.807) is 12.1 Å². The zero-order valence-corrected chi connectivity index (χ0v) is 17.2. The van der Waals surface area contributed by atoms with Gasteiger partial charge in [0.15, 0.2) is 0 Å². The van der Waals surface area contributed by atoms with E-state index in [0.717, 1.165) is 44.3 Å². The van der Waals surface area contributed by atoms with Crippen LogP contribution in [0.15, 0.2) is 42.5 Å². The fourth-order valence-electron chi connectivity index (χ4n) is 3.17. The molecule has 0 aromatic heterocycles. The van der Waals surface area contributed by atoms with Crippen LogP contribution >= 0.6 is 0 Å².